The molecule has 96 valence electrons. The molecule has 0 bridgehead atoms. The average molecular weight is 295 g/mol. The Morgan fingerprint density at radius 3 is 1.79 bits per heavy atom. The van der Waals surface area contributed by atoms with E-state index in [0.29, 0.717) is 0 Å². The molecule has 0 amide bonds. The molecule has 0 aliphatic rings. The van der Waals surface area contributed by atoms with Crippen molar-refractivity contribution in [3.8, 4) is 5.75 Å². The average Bonchev–Trinajstić information content (AvgIpc) is 2.35. The fraction of sp³-hybridized carbons (Fsp3) is 0.200. The van der Waals surface area contributed by atoms with E-state index in [9.17, 15) is 19.0 Å². The van der Waals surface area contributed by atoms with Crippen molar-refractivity contribution in [1.82, 2.24) is 0 Å². The molecule has 1 rings (SSSR count). The maximum atomic E-state index is 11.3. The summed E-state index contributed by atoms with van der Waals surface area (Å²) >= 11 is 0. The van der Waals surface area contributed by atoms with Gasteiger partial charge in [-0.1, -0.05) is 0 Å². The summed E-state index contributed by atoms with van der Waals surface area (Å²) in [6.07, 6.45) is 0. The molecule has 0 aliphatic carbocycles. The Morgan fingerprint density at radius 1 is 1.05 bits per heavy atom. The number of ether oxygens (including phenoxy) is 2. The third-order valence-electron chi connectivity index (χ3n) is 1.93. The fourth-order valence-corrected chi connectivity index (χ4v) is 1.49. The minimum absolute atomic E-state index is 0. The van der Waals surface area contributed by atoms with E-state index in [4.69, 9.17) is 0 Å². The summed E-state index contributed by atoms with van der Waals surface area (Å²) in [6.45, 7) is 0. The van der Waals surface area contributed by atoms with E-state index >= 15 is 0 Å². The molecule has 1 aromatic rings. The molecule has 0 heterocycles. The molecular weight excluding hydrogens is 286 g/mol. The minimum atomic E-state index is -3.15. The van der Waals surface area contributed by atoms with Gasteiger partial charge in [0.2, 0.25) is 0 Å². The second-order valence-corrected chi connectivity index (χ2v) is 3.67. The first-order valence-electron chi connectivity index (χ1n) is 4.62. The standard InChI is InChI=1S/C10H9O7P.Na/c1-15-9(11)6-3-7(10(12)16-2)5-8(4-6)17-18(13)14;/h3-5H,1-2H3;/q;+1. The van der Waals surface area contributed by atoms with E-state index in [1.54, 1.807) is 0 Å². The molecule has 0 radical (unpaired) electrons. The van der Waals surface area contributed by atoms with Crippen LogP contribution in [-0.2, 0) is 14.0 Å². The van der Waals surface area contributed by atoms with Gasteiger partial charge in [-0.15, -0.1) is 0 Å². The molecular formula is C10H9NaO7P+. The summed E-state index contributed by atoms with van der Waals surface area (Å²) in [7, 11) is -0.844. The first-order chi connectivity index (χ1) is 8.47. The van der Waals surface area contributed by atoms with Crippen LogP contribution in [0.1, 0.15) is 20.7 Å². The van der Waals surface area contributed by atoms with Gasteiger partial charge in [-0.25, -0.2) is 9.59 Å². The van der Waals surface area contributed by atoms with E-state index in [0.717, 1.165) is 26.4 Å². The predicted octanol–water partition coefficient (Wildman–Crippen LogP) is -2.34. The van der Waals surface area contributed by atoms with Gasteiger partial charge in [0.25, 0.3) is 0 Å². The molecule has 0 saturated heterocycles. The van der Waals surface area contributed by atoms with E-state index in [-0.39, 0.29) is 46.4 Å². The van der Waals surface area contributed by atoms with Crippen LogP contribution in [0.4, 0.5) is 0 Å². The molecule has 0 aliphatic heterocycles. The number of benzene rings is 1. The minimum Gasteiger partial charge on any atom is -0.558 e. The van der Waals surface area contributed by atoms with E-state index in [1.165, 1.54) is 6.07 Å². The van der Waals surface area contributed by atoms with Crippen molar-refractivity contribution in [3.05, 3.63) is 29.3 Å². The van der Waals surface area contributed by atoms with Crippen LogP contribution in [-0.4, -0.2) is 26.2 Å². The maximum Gasteiger partial charge on any atom is 1.00 e. The van der Waals surface area contributed by atoms with Crippen molar-refractivity contribution >= 4 is 20.2 Å². The molecule has 7 nitrogen and oxygen atoms in total. The molecule has 0 N–H and O–H groups in total. The smallest absolute Gasteiger partial charge is 0.558 e. The summed E-state index contributed by atoms with van der Waals surface area (Å²) < 4.78 is 23.8. The number of methoxy groups -OCH3 is 2. The topological polar surface area (TPSA) is 102 Å². The van der Waals surface area contributed by atoms with Crippen molar-refractivity contribution < 1.29 is 62.6 Å². The van der Waals surface area contributed by atoms with Gasteiger partial charge in [0, 0.05) is 12.1 Å². The van der Waals surface area contributed by atoms with Gasteiger partial charge in [0.15, 0.2) is 5.75 Å². The molecule has 0 aromatic heterocycles. The predicted molar refractivity (Wildman–Crippen MR) is 57.4 cm³/mol. The van der Waals surface area contributed by atoms with Crippen LogP contribution < -0.4 is 39.0 Å². The second kappa shape index (κ2) is 8.24. The normalized spacial score (nSPS) is 9.95. The number of carbonyl (C=O) groups is 2. The van der Waals surface area contributed by atoms with Gasteiger partial charge in [-0.05, 0) is 10.6 Å². The molecule has 0 saturated carbocycles. The van der Waals surface area contributed by atoms with Crippen LogP contribution in [0.5, 0.6) is 5.75 Å². The number of rotatable bonds is 4. The summed E-state index contributed by atoms with van der Waals surface area (Å²) in [6, 6.07) is 3.50. The number of hydrogen-bond acceptors (Lipinski definition) is 7. The van der Waals surface area contributed by atoms with Crippen LogP contribution in [0.2, 0.25) is 0 Å². The van der Waals surface area contributed by atoms with Crippen LogP contribution in [0.15, 0.2) is 18.2 Å². The van der Waals surface area contributed by atoms with E-state index in [1.807, 2.05) is 0 Å². The zero-order valence-corrected chi connectivity index (χ0v) is 13.4. The molecule has 1 unspecified atom stereocenters. The zero-order chi connectivity index (χ0) is 13.7. The van der Waals surface area contributed by atoms with Crippen LogP contribution in [0, 0.1) is 0 Å². The van der Waals surface area contributed by atoms with Crippen molar-refractivity contribution in [1.29, 1.82) is 0 Å². The van der Waals surface area contributed by atoms with Crippen molar-refractivity contribution in [3.63, 3.8) is 0 Å². The van der Waals surface area contributed by atoms with Gasteiger partial charge < -0.3 is 14.4 Å². The molecule has 1 aromatic carbocycles. The Balaban J connectivity index is 0.00000324. The SMILES string of the molecule is COC(=O)c1cc(O[P+](=O)[O-])cc(C(=O)OC)c1.[Na+]. The quantitative estimate of drug-likeness (QED) is 0.348. The monoisotopic (exact) mass is 295 g/mol. The Bertz CT molecular complexity index is 468. The largest absolute Gasteiger partial charge is 1.00 e. The molecule has 1 atom stereocenters. The Morgan fingerprint density at radius 2 is 1.47 bits per heavy atom. The number of hydrogen-bond donors (Lipinski definition) is 0. The van der Waals surface area contributed by atoms with Crippen LogP contribution >= 0.6 is 8.25 Å². The number of carbonyl (C=O) groups excluding carboxylic acids is 2. The molecule has 0 fully saturated rings. The van der Waals surface area contributed by atoms with Crippen molar-refractivity contribution in [2.24, 2.45) is 0 Å². The van der Waals surface area contributed by atoms with Gasteiger partial charge >= 0.3 is 49.8 Å². The van der Waals surface area contributed by atoms with Crippen LogP contribution in [0.3, 0.4) is 0 Å². The first kappa shape index (κ1) is 18.0. The van der Waals surface area contributed by atoms with Gasteiger partial charge in [0.1, 0.15) is 0 Å². The van der Waals surface area contributed by atoms with E-state index in [2.05, 4.69) is 14.0 Å². The maximum absolute atomic E-state index is 11.3. The summed E-state index contributed by atoms with van der Waals surface area (Å²) in [5.74, 6) is -1.63. The van der Waals surface area contributed by atoms with Gasteiger partial charge in [0.05, 0.1) is 25.3 Å². The fourth-order valence-electron chi connectivity index (χ4n) is 1.21. The second-order valence-electron chi connectivity index (χ2n) is 3.04. The molecule has 9 heteroatoms. The van der Waals surface area contributed by atoms with Crippen LogP contribution in [0.25, 0.3) is 0 Å². The first-order valence-corrected chi connectivity index (χ1v) is 5.71. The Hall–Kier alpha value is -0.980. The Kier molecular flexibility index (Phi) is 7.82. The van der Waals surface area contributed by atoms with Crippen molar-refractivity contribution in [2.75, 3.05) is 14.2 Å². The summed E-state index contributed by atoms with van der Waals surface area (Å²) in [5.41, 5.74) is -0.0421. The summed E-state index contributed by atoms with van der Waals surface area (Å²) in [4.78, 5) is 33.1. The van der Waals surface area contributed by atoms with E-state index < -0.39 is 20.2 Å². The molecule has 19 heavy (non-hydrogen) atoms. The third-order valence-corrected chi connectivity index (χ3v) is 2.29. The van der Waals surface area contributed by atoms with Crippen molar-refractivity contribution in [2.45, 2.75) is 0 Å². The van der Waals surface area contributed by atoms with Gasteiger partial charge in [-0.2, -0.15) is 0 Å². The third kappa shape index (κ3) is 5.26. The molecule has 0 spiro atoms. The number of esters is 2. The Labute approximate surface area is 132 Å². The summed E-state index contributed by atoms with van der Waals surface area (Å²) in [5, 5.41) is 0. The van der Waals surface area contributed by atoms with Gasteiger partial charge in [-0.3, -0.25) is 4.52 Å². The zero-order valence-electron chi connectivity index (χ0n) is 10.5.